The lowest BCUT2D eigenvalue weighted by Crippen LogP contribution is -2.43. The van der Waals surface area contributed by atoms with Gasteiger partial charge in [-0.1, -0.05) is 11.3 Å². The van der Waals surface area contributed by atoms with Crippen molar-refractivity contribution in [1.82, 2.24) is 25.2 Å². The van der Waals surface area contributed by atoms with Gasteiger partial charge in [0.05, 0.1) is 11.7 Å². The fraction of sp³-hybridized carbons (Fsp3) is 0.667. The summed E-state index contributed by atoms with van der Waals surface area (Å²) in [4.78, 5) is 2.42. The Balaban J connectivity index is 2.15. The number of aryl methyl sites for hydroxylation is 1. The first-order valence-corrected chi connectivity index (χ1v) is 6.13. The molecule has 1 aromatic rings. The summed E-state index contributed by atoms with van der Waals surface area (Å²) in [5, 5.41) is 11.6. The molecule has 5 nitrogen and oxygen atoms in total. The molecule has 0 aliphatic carbocycles. The minimum atomic E-state index is 0.355. The lowest BCUT2D eigenvalue weighted by atomic mass is 9.95. The highest BCUT2D eigenvalue weighted by molar-refractivity contribution is 5.05. The molecule has 2 rings (SSSR count). The van der Waals surface area contributed by atoms with E-state index in [1.165, 1.54) is 6.42 Å². The molecule has 17 heavy (non-hydrogen) atoms. The average molecular weight is 235 g/mol. The van der Waals surface area contributed by atoms with Gasteiger partial charge in [0.25, 0.3) is 0 Å². The van der Waals surface area contributed by atoms with E-state index in [0.717, 1.165) is 25.2 Å². The largest absolute Gasteiger partial charge is 0.317 e. The molecule has 0 radical (unpaired) electrons. The van der Waals surface area contributed by atoms with Gasteiger partial charge in [0, 0.05) is 32.4 Å². The Morgan fingerprint density at radius 2 is 2.47 bits per heavy atom. The van der Waals surface area contributed by atoms with Gasteiger partial charge < -0.3 is 5.32 Å². The van der Waals surface area contributed by atoms with Crippen LogP contribution in [0.1, 0.15) is 24.6 Å². The Kier molecular flexibility index (Phi) is 3.91. The van der Waals surface area contributed by atoms with Crippen molar-refractivity contribution in [1.29, 1.82) is 0 Å². The van der Waals surface area contributed by atoms with Gasteiger partial charge in [-0.3, -0.25) is 9.58 Å². The van der Waals surface area contributed by atoms with Crippen LogP contribution >= 0.6 is 0 Å². The summed E-state index contributed by atoms with van der Waals surface area (Å²) >= 11 is 0. The number of aromatic nitrogens is 3. The van der Waals surface area contributed by atoms with Crippen LogP contribution in [0.3, 0.4) is 0 Å². The van der Waals surface area contributed by atoms with E-state index in [4.69, 9.17) is 0 Å². The Morgan fingerprint density at radius 1 is 1.65 bits per heavy atom. The van der Waals surface area contributed by atoms with Crippen LogP contribution < -0.4 is 5.32 Å². The highest BCUT2D eigenvalue weighted by Crippen LogP contribution is 2.29. The van der Waals surface area contributed by atoms with Crippen molar-refractivity contribution < 1.29 is 0 Å². The van der Waals surface area contributed by atoms with Crippen molar-refractivity contribution in [2.45, 2.75) is 24.9 Å². The van der Waals surface area contributed by atoms with Gasteiger partial charge >= 0.3 is 0 Å². The van der Waals surface area contributed by atoms with E-state index >= 15 is 0 Å². The lowest BCUT2D eigenvalue weighted by Gasteiger charge is -2.37. The second-order valence-electron chi connectivity index (χ2n) is 4.63. The molecule has 0 saturated carbocycles. The summed E-state index contributed by atoms with van der Waals surface area (Å²) in [6, 6.07) is 0.927. The topological polar surface area (TPSA) is 46.0 Å². The van der Waals surface area contributed by atoms with Crippen LogP contribution in [0, 0.1) is 0 Å². The molecule has 0 spiro atoms. The van der Waals surface area contributed by atoms with Crippen molar-refractivity contribution >= 4 is 0 Å². The van der Waals surface area contributed by atoms with Crippen molar-refractivity contribution in [2.24, 2.45) is 7.05 Å². The van der Waals surface area contributed by atoms with Crippen LogP contribution in [-0.4, -0.2) is 46.1 Å². The van der Waals surface area contributed by atoms with Crippen LogP contribution in [0.25, 0.3) is 0 Å². The Hall–Kier alpha value is -1.20. The van der Waals surface area contributed by atoms with Crippen LogP contribution in [0.15, 0.2) is 18.9 Å². The van der Waals surface area contributed by atoms with Crippen molar-refractivity contribution in [3.8, 4) is 0 Å². The smallest absolute Gasteiger partial charge is 0.0999 e. The maximum Gasteiger partial charge on any atom is 0.0999 e. The fourth-order valence-corrected chi connectivity index (χ4v) is 2.49. The van der Waals surface area contributed by atoms with Gasteiger partial charge in [0.1, 0.15) is 0 Å². The molecule has 0 amide bonds. The van der Waals surface area contributed by atoms with Gasteiger partial charge in [0.15, 0.2) is 0 Å². The van der Waals surface area contributed by atoms with E-state index in [9.17, 15) is 0 Å². The second kappa shape index (κ2) is 5.42. The fourth-order valence-electron chi connectivity index (χ4n) is 2.49. The summed E-state index contributed by atoms with van der Waals surface area (Å²) in [5.74, 6) is 0. The van der Waals surface area contributed by atoms with E-state index in [1.807, 2.05) is 26.4 Å². The molecule has 1 aliphatic heterocycles. The highest BCUT2D eigenvalue weighted by Gasteiger charge is 2.29. The third-order valence-electron chi connectivity index (χ3n) is 3.45. The van der Waals surface area contributed by atoms with Gasteiger partial charge in [-0.2, -0.15) is 0 Å². The molecule has 1 aliphatic rings. The number of piperidine rings is 1. The van der Waals surface area contributed by atoms with Crippen LogP contribution in [-0.2, 0) is 7.05 Å². The van der Waals surface area contributed by atoms with Crippen LogP contribution in [0.5, 0.6) is 0 Å². The molecule has 1 N–H and O–H groups in total. The van der Waals surface area contributed by atoms with E-state index in [-0.39, 0.29) is 0 Å². The van der Waals surface area contributed by atoms with E-state index < -0.39 is 0 Å². The number of hydrogen-bond acceptors (Lipinski definition) is 4. The maximum atomic E-state index is 4.25. The Morgan fingerprint density at radius 3 is 3.06 bits per heavy atom. The molecule has 0 aromatic carbocycles. The Labute approximate surface area is 102 Å². The molecule has 5 heteroatoms. The predicted octanol–water partition coefficient (Wildman–Crippen LogP) is 0.726. The molecule has 1 saturated heterocycles. The average Bonchev–Trinajstić information content (AvgIpc) is 2.77. The van der Waals surface area contributed by atoms with E-state index in [0.29, 0.717) is 12.1 Å². The molecule has 0 bridgehead atoms. The molecule has 1 aromatic heterocycles. The van der Waals surface area contributed by atoms with Gasteiger partial charge in [0.2, 0.25) is 0 Å². The monoisotopic (exact) mass is 235 g/mol. The molecule has 1 unspecified atom stereocenters. The summed E-state index contributed by atoms with van der Waals surface area (Å²) in [7, 11) is 3.94. The molecular formula is C12H21N5. The molecular weight excluding hydrogens is 214 g/mol. The lowest BCUT2D eigenvalue weighted by molar-refractivity contribution is 0.139. The van der Waals surface area contributed by atoms with Crippen molar-refractivity contribution in [2.75, 3.05) is 20.1 Å². The standard InChI is InChI=1S/C12H21N5/c1-4-6-17-7-5-10(13-2)8-12(17)11-9-16(3)15-14-11/h4,9-10,12-13H,1,5-8H2,2-3H3/t10?,12-/m0/s1. The summed E-state index contributed by atoms with van der Waals surface area (Å²) in [6.45, 7) is 5.83. The highest BCUT2D eigenvalue weighted by atomic mass is 15.4. The predicted molar refractivity (Wildman–Crippen MR) is 67.6 cm³/mol. The number of nitrogens with zero attached hydrogens (tertiary/aromatic N) is 4. The first-order valence-electron chi connectivity index (χ1n) is 6.13. The maximum absolute atomic E-state index is 4.25. The third kappa shape index (κ3) is 2.73. The van der Waals surface area contributed by atoms with E-state index in [1.54, 1.807) is 4.68 Å². The summed E-state index contributed by atoms with van der Waals surface area (Å²) in [5.41, 5.74) is 1.06. The normalized spacial score (nSPS) is 26.0. The van der Waals surface area contributed by atoms with Gasteiger partial charge in [-0.05, 0) is 19.9 Å². The van der Waals surface area contributed by atoms with Crippen molar-refractivity contribution in [3.05, 3.63) is 24.5 Å². The van der Waals surface area contributed by atoms with Crippen LogP contribution in [0.2, 0.25) is 0 Å². The van der Waals surface area contributed by atoms with E-state index in [2.05, 4.69) is 27.1 Å². The SMILES string of the molecule is C=CCN1CCC(NC)C[C@H]1c1cn(C)nn1. The molecule has 94 valence electrons. The molecule has 1 fully saturated rings. The molecule has 2 atom stereocenters. The Bertz CT molecular complexity index is 373. The third-order valence-corrected chi connectivity index (χ3v) is 3.45. The zero-order valence-electron chi connectivity index (χ0n) is 10.6. The first-order chi connectivity index (χ1) is 8.24. The quantitative estimate of drug-likeness (QED) is 0.781. The minimum absolute atomic E-state index is 0.355. The van der Waals surface area contributed by atoms with Gasteiger partial charge in [-0.15, -0.1) is 11.7 Å². The summed E-state index contributed by atoms with van der Waals surface area (Å²) in [6.07, 6.45) is 6.24. The van der Waals surface area contributed by atoms with Gasteiger partial charge in [-0.25, -0.2) is 0 Å². The van der Waals surface area contributed by atoms with Crippen LogP contribution in [0.4, 0.5) is 0 Å². The zero-order chi connectivity index (χ0) is 12.3. The number of nitrogens with one attached hydrogen (secondary N) is 1. The minimum Gasteiger partial charge on any atom is -0.317 e. The second-order valence-corrected chi connectivity index (χ2v) is 4.63. The summed E-state index contributed by atoms with van der Waals surface area (Å²) < 4.78 is 1.77. The number of rotatable bonds is 4. The zero-order valence-corrected chi connectivity index (χ0v) is 10.6. The number of hydrogen-bond donors (Lipinski definition) is 1. The van der Waals surface area contributed by atoms with Crippen molar-refractivity contribution in [3.63, 3.8) is 0 Å². The molecule has 2 heterocycles. The number of likely N-dealkylation sites (tertiary alicyclic amines) is 1. The first kappa shape index (κ1) is 12.3.